The van der Waals surface area contributed by atoms with Crippen LogP contribution in [0.5, 0.6) is 0 Å². The van der Waals surface area contributed by atoms with Gasteiger partial charge < -0.3 is 10.2 Å². The average molecular weight is 263 g/mol. The van der Waals surface area contributed by atoms with E-state index in [1.807, 2.05) is 13.8 Å². The van der Waals surface area contributed by atoms with Crippen molar-refractivity contribution in [2.75, 3.05) is 12.3 Å². The van der Waals surface area contributed by atoms with Crippen LogP contribution >= 0.6 is 11.8 Å². The zero-order valence-electron chi connectivity index (χ0n) is 10.4. The minimum atomic E-state index is -1.16. The van der Waals surface area contributed by atoms with Gasteiger partial charge in [0.2, 0.25) is 0 Å². The summed E-state index contributed by atoms with van der Waals surface area (Å²) in [5, 5.41) is 17.1. The van der Waals surface area contributed by atoms with Gasteiger partial charge in [0, 0.05) is 6.54 Å². The number of rotatable bonds is 9. The summed E-state index contributed by atoms with van der Waals surface area (Å²) in [6.07, 6.45) is 2.27. The maximum Gasteiger partial charge on any atom is 0.408 e. The predicted octanol–water partition coefficient (Wildman–Crippen LogP) is 2.71. The van der Waals surface area contributed by atoms with E-state index in [0.717, 1.165) is 24.2 Å². The van der Waals surface area contributed by atoms with Crippen LogP contribution in [-0.4, -0.2) is 44.8 Å². The highest BCUT2D eigenvalue weighted by Crippen LogP contribution is 2.18. The number of thioether (sulfide) groups is 1. The molecule has 1 amide bonds. The maximum absolute atomic E-state index is 11.1. The lowest BCUT2D eigenvalue weighted by Gasteiger charge is -2.25. The fraction of sp³-hybridized carbons (Fsp3) is 0.818. The number of carboxylic acid groups (broad SMARTS) is 2. The molecule has 0 radical (unpaired) electrons. The van der Waals surface area contributed by atoms with Crippen LogP contribution in [0.3, 0.4) is 0 Å². The molecule has 0 aromatic heterocycles. The molecular formula is C11H21NO4S. The first-order valence-corrected chi connectivity index (χ1v) is 6.93. The van der Waals surface area contributed by atoms with E-state index in [1.165, 1.54) is 11.8 Å². The van der Waals surface area contributed by atoms with Gasteiger partial charge in [0.1, 0.15) is 0 Å². The Morgan fingerprint density at radius 3 is 2.24 bits per heavy atom. The predicted molar refractivity (Wildman–Crippen MR) is 68.4 cm³/mol. The van der Waals surface area contributed by atoms with E-state index >= 15 is 0 Å². The molecule has 0 aliphatic heterocycles. The van der Waals surface area contributed by atoms with E-state index in [1.54, 1.807) is 0 Å². The topological polar surface area (TPSA) is 77.8 Å². The van der Waals surface area contributed by atoms with Crippen molar-refractivity contribution in [1.29, 1.82) is 0 Å². The average Bonchev–Trinajstić information content (AvgIpc) is 2.26. The molecule has 17 heavy (non-hydrogen) atoms. The normalized spacial score (nSPS) is 12.1. The zero-order chi connectivity index (χ0) is 13.3. The van der Waals surface area contributed by atoms with Crippen molar-refractivity contribution in [2.45, 2.75) is 44.9 Å². The number of hydrogen-bond acceptors (Lipinski definition) is 3. The minimum Gasteiger partial charge on any atom is -0.479 e. The molecule has 0 saturated heterocycles. The van der Waals surface area contributed by atoms with Crippen LogP contribution in [0.4, 0.5) is 4.79 Å². The third-order valence-corrected chi connectivity index (χ3v) is 3.64. The number of unbranched alkanes of at least 4 members (excludes halogenated alkanes) is 2. The third-order valence-electron chi connectivity index (χ3n) is 2.22. The fourth-order valence-corrected chi connectivity index (χ4v) is 2.35. The molecular weight excluding hydrogens is 242 g/mol. The van der Waals surface area contributed by atoms with Gasteiger partial charge in [0.05, 0.1) is 0 Å². The number of aliphatic carboxylic acids is 1. The summed E-state index contributed by atoms with van der Waals surface area (Å²) in [6, 6.07) is 0. The zero-order valence-corrected chi connectivity index (χ0v) is 11.2. The number of amides is 1. The molecule has 0 bridgehead atoms. The summed E-state index contributed by atoms with van der Waals surface area (Å²) < 4.78 is 0. The van der Waals surface area contributed by atoms with Crippen molar-refractivity contribution in [1.82, 2.24) is 4.90 Å². The smallest absolute Gasteiger partial charge is 0.408 e. The Morgan fingerprint density at radius 1 is 1.18 bits per heavy atom. The van der Waals surface area contributed by atoms with Gasteiger partial charge >= 0.3 is 12.1 Å². The maximum atomic E-state index is 11.1. The second-order valence-corrected chi connectivity index (χ2v) is 4.93. The van der Waals surface area contributed by atoms with Crippen molar-refractivity contribution in [3.8, 4) is 0 Å². The molecule has 0 heterocycles. The summed E-state index contributed by atoms with van der Waals surface area (Å²) in [6.45, 7) is 4.25. The monoisotopic (exact) mass is 263 g/mol. The Hall–Kier alpha value is -0.910. The molecule has 0 spiro atoms. The van der Waals surface area contributed by atoms with Gasteiger partial charge in [0.25, 0.3) is 0 Å². The molecule has 100 valence electrons. The van der Waals surface area contributed by atoms with Gasteiger partial charge in [-0.3, -0.25) is 4.90 Å². The van der Waals surface area contributed by atoms with Crippen molar-refractivity contribution in [3.05, 3.63) is 0 Å². The molecule has 0 aliphatic carbocycles. The van der Waals surface area contributed by atoms with Gasteiger partial charge in [0.15, 0.2) is 5.37 Å². The Balaban J connectivity index is 4.48. The standard InChI is InChI=1S/C11H21NO4S/c1-3-5-6-7-12(11(15)16)9(10(13)14)17-8-4-2/h9H,3-8H2,1-2H3,(H,13,14)(H,15,16). The summed E-state index contributed by atoms with van der Waals surface area (Å²) in [7, 11) is 0. The Kier molecular flexibility index (Phi) is 8.66. The third kappa shape index (κ3) is 6.41. The molecule has 1 unspecified atom stereocenters. The minimum absolute atomic E-state index is 0.289. The first-order valence-electron chi connectivity index (χ1n) is 5.88. The first kappa shape index (κ1) is 16.1. The molecule has 6 heteroatoms. The Bertz CT molecular complexity index is 248. The number of hydrogen-bond donors (Lipinski definition) is 2. The molecule has 1 atom stereocenters. The largest absolute Gasteiger partial charge is 0.479 e. The van der Waals surface area contributed by atoms with E-state index in [4.69, 9.17) is 10.2 Å². The van der Waals surface area contributed by atoms with Crippen molar-refractivity contribution >= 4 is 23.8 Å². The summed E-state index contributed by atoms with van der Waals surface area (Å²) >= 11 is 1.17. The molecule has 0 aromatic rings. The van der Waals surface area contributed by atoms with Crippen LogP contribution in [0.2, 0.25) is 0 Å². The number of carbonyl (C=O) groups is 2. The lowest BCUT2D eigenvalue weighted by Crippen LogP contribution is -2.43. The van der Waals surface area contributed by atoms with E-state index in [0.29, 0.717) is 12.2 Å². The van der Waals surface area contributed by atoms with Crippen LogP contribution in [0, 0.1) is 0 Å². The molecule has 0 aliphatic rings. The van der Waals surface area contributed by atoms with E-state index < -0.39 is 17.4 Å². The van der Waals surface area contributed by atoms with Crippen LogP contribution in [0.25, 0.3) is 0 Å². The number of carboxylic acids is 1. The number of nitrogens with zero attached hydrogens (tertiary/aromatic N) is 1. The van der Waals surface area contributed by atoms with Gasteiger partial charge in [-0.15, -0.1) is 11.8 Å². The Labute approximate surface area is 106 Å². The van der Waals surface area contributed by atoms with Crippen LogP contribution in [-0.2, 0) is 4.79 Å². The molecule has 2 N–H and O–H groups in total. The summed E-state index contributed by atoms with van der Waals surface area (Å²) in [5.74, 6) is -0.434. The summed E-state index contributed by atoms with van der Waals surface area (Å²) in [5.41, 5.74) is 0. The van der Waals surface area contributed by atoms with Crippen molar-refractivity contribution in [3.63, 3.8) is 0 Å². The van der Waals surface area contributed by atoms with Gasteiger partial charge in [-0.25, -0.2) is 9.59 Å². The van der Waals surface area contributed by atoms with Crippen LogP contribution < -0.4 is 0 Å². The first-order chi connectivity index (χ1) is 8.04. The van der Waals surface area contributed by atoms with E-state index in [2.05, 4.69) is 0 Å². The highest BCUT2D eigenvalue weighted by molar-refractivity contribution is 8.00. The highest BCUT2D eigenvalue weighted by atomic mass is 32.2. The molecule has 0 saturated carbocycles. The van der Waals surface area contributed by atoms with E-state index in [9.17, 15) is 9.59 Å². The molecule has 0 aromatic carbocycles. The van der Waals surface area contributed by atoms with Gasteiger partial charge in [-0.05, 0) is 18.6 Å². The summed E-state index contributed by atoms with van der Waals surface area (Å²) in [4.78, 5) is 23.1. The Morgan fingerprint density at radius 2 is 1.82 bits per heavy atom. The van der Waals surface area contributed by atoms with E-state index in [-0.39, 0.29) is 6.54 Å². The fourth-order valence-electron chi connectivity index (χ4n) is 1.37. The van der Waals surface area contributed by atoms with Crippen LogP contribution in [0.15, 0.2) is 0 Å². The van der Waals surface area contributed by atoms with Gasteiger partial charge in [-0.1, -0.05) is 26.7 Å². The second-order valence-electron chi connectivity index (χ2n) is 3.74. The van der Waals surface area contributed by atoms with Gasteiger partial charge in [-0.2, -0.15) is 0 Å². The van der Waals surface area contributed by atoms with Crippen molar-refractivity contribution < 1.29 is 19.8 Å². The SMILES string of the molecule is CCCCCN(C(=O)O)C(SCCC)C(=O)O. The van der Waals surface area contributed by atoms with Crippen LogP contribution in [0.1, 0.15) is 39.5 Å². The second kappa shape index (κ2) is 9.15. The molecule has 0 rings (SSSR count). The highest BCUT2D eigenvalue weighted by Gasteiger charge is 2.29. The molecule has 0 fully saturated rings. The lowest BCUT2D eigenvalue weighted by molar-refractivity contribution is -0.139. The van der Waals surface area contributed by atoms with Crippen molar-refractivity contribution in [2.24, 2.45) is 0 Å². The lowest BCUT2D eigenvalue weighted by atomic mass is 10.2. The molecule has 5 nitrogen and oxygen atoms in total. The quantitative estimate of drug-likeness (QED) is 0.494.